The van der Waals surface area contributed by atoms with Gasteiger partial charge in [0.1, 0.15) is 5.02 Å². The number of rotatable bonds is 2. The summed E-state index contributed by atoms with van der Waals surface area (Å²) in [6, 6.07) is 0. The van der Waals surface area contributed by atoms with Gasteiger partial charge in [-0.25, -0.2) is 13.4 Å². The van der Waals surface area contributed by atoms with Crippen LogP contribution in [0.4, 0.5) is 5.82 Å². The van der Waals surface area contributed by atoms with E-state index in [1.54, 1.807) is 25.9 Å². The first-order chi connectivity index (χ1) is 6.73. The Kier molecular flexibility index (Phi) is 3.20. The van der Waals surface area contributed by atoms with E-state index < -0.39 is 9.84 Å². The van der Waals surface area contributed by atoms with Crippen molar-refractivity contribution in [3.05, 3.63) is 10.7 Å². The van der Waals surface area contributed by atoms with Crippen LogP contribution in [0.15, 0.2) is 5.16 Å². The van der Waals surface area contributed by atoms with Gasteiger partial charge in [-0.2, -0.15) is 4.98 Å². The Morgan fingerprint density at radius 1 is 1.27 bits per heavy atom. The standard InChI is InChI=1S/C8H12ClN3O2S/c1-5-6(9)7(12(2)3)11-8(10-5)15(4,13)14/h1-4H3. The lowest BCUT2D eigenvalue weighted by atomic mass is 10.4. The summed E-state index contributed by atoms with van der Waals surface area (Å²) in [5.74, 6) is 0.407. The van der Waals surface area contributed by atoms with Gasteiger partial charge in [0.25, 0.3) is 0 Å². The first kappa shape index (κ1) is 12.2. The molecular formula is C8H12ClN3O2S. The van der Waals surface area contributed by atoms with Crippen molar-refractivity contribution in [2.75, 3.05) is 25.3 Å². The van der Waals surface area contributed by atoms with E-state index in [9.17, 15) is 8.42 Å². The molecule has 1 heterocycles. The zero-order chi connectivity index (χ0) is 11.8. The topological polar surface area (TPSA) is 63.2 Å². The quantitative estimate of drug-likeness (QED) is 0.729. The summed E-state index contributed by atoms with van der Waals surface area (Å²) < 4.78 is 22.6. The van der Waals surface area contributed by atoms with Gasteiger partial charge in [-0.05, 0) is 6.92 Å². The zero-order valence-electron chi connectivity index (χ0n) is 8.94. The molecule has 0 aliphatic rings. The first-order valence-corrected chi connectivity index (χ1v) is 6.42. The van der Waals surface area contributed by atoms with Gasteiger partial charge in [0.05, 0.1) is 5.69 Å². The van der Waals surface area contributed by atoms with E-state index in [4.69, 9.17) is 11.6 Å². The molecule has 0 aliphatic carbocycles. The highest BCUT2D eigenvalue weighted by atomic mass is 35.5. The van der Waals surface area contributed by atoms with Crippen LogP contribution < -0.4 is 4.90 Å². The predicted molar refractivity (Wildman–Crippen MR) is 59.2 cm³/mol. The number of hydrogen-bond donors (Lipinski definition) is 0. The van der Waals surface area contributed by atoms with E-state index in [0.717, 1.165) is 6.26 Å². The van der Waals surface area contributed by atoms with Crippen LogP contribution >= 0.6 is 11.6 Å². The second-order valence-corrected chi connectivity index (χ2v) is 5.68. The normalized spacial score (nSPS) is 11.5. The van der Waals surface area contributed by atoms with Crippen LogP contribution in [0.5, 0.6) is 0 Å². The Balaban J connectivity index is 3.50. The molecule has 0 bridgehead atoms. The smallest absolute Gasteiger partial charge is 0.249 e. The van der Waals surface area contributed by atoms with Gasteiger partial charge < -0.3 is 4.90 Å². The average Bonchev–Trinajstić information content (AvgIpc) is 2.06. The highest BCUT2D eigenvalue weighted by molar-refractivity contribution is 7.90. The van der Waals surface area contributed by atoms with Gasteiger partial charge >= 0.3 is 0 Å². The number of hydrogen-bond acceptors (Lipinski definition) is 5. The number of aromatic nitrogens is 2. The van der Waals surface area contributed by atoms with E-state index >= 15 is 0 Å². The number of halogens is 1. The molecule has 0 spiro atoms. The second-order valence-electron chi connectivity index (χ2n) is 3.40. The van der Waals surface area contributed by atoms with Crippen molar-refractivity contribution in [1.29, 1.82) is 0 Å². The van der Waals surface area contributed by atoms with Gasteiger partial charge in [0.2, 0.25) is 15.0 Å². The maximum absolute atomic E-state index is 11.3. The van der Waals surface area contributed by atoms with Crippen LogP contribution in [0.25, 0.3) is 0 Å². The third kappa shape index (κ3) is 2.57. The summed E-state index contributed by atoms with van der Waals surface area (Å²) in [4.78, 5) is 9.37. The van der Waals surface area contributed by atoms with Crippen molar-refractivity contribution >= 4 is 27.3 Å². The van der Waals surface area contributed by atoms with E-state index in [0.29, 0.717) is 16.5 Å². The lowest BCUT2D eigenvalue weighted by molar-refractivity contribution is 0.592. The summed E-state index contributed by atoms with van der Waals surface area (Å²) in [6.07, 6.45) is 1.06. The molecule has 15 heavy (non-hydrogen) atoms. The SMILES string of the molecule is Cc1nc(S(C)(=O)=O)nc(N(C)C)c1Cl. The Morgan fingerprint density at radius 3 is 2.20 bits per heavy atom. The minimum Gasteiger partial charge on any atom is -0.361 e. The van der Waals surface area contributed by atoms with Gasteiger partial charge in [-0.3, -0.25) is 0 Å². The molecule has 84 valence electrons. The van der Waals surface area contributed by atoms with Crippen LogP contribution in [0.3, 0.4) is 0 Å². The fraction of sp³-hybridized carbons (Fsp3) is 0.500. The van der Waals surface area contributed by atoms with Crippen LogP contribution in [-0.4, -0.2) is 38.7 Å². The van der Waals surface area contributed by atoms with Crippen molar-refractivity contribution in [1.82, 2.24) is 9.97 Å². The largest absolute Gasteiger partial charge is 0.361 e. The maximum atomic E-state index is 11.3. The van der Waals surface area contributed by atoms with Crippen molar-refractivity contribution in [2.45, 2.75) is 12.1 Å². The van der Waals surface area contributed by atoms with Crippen molar-refractivity contribution < 1.29 is 8.42 Å². The second kappa shape index (κ2) is 3.94. The minimum atomic E-state index is -3.41. The molecule has 0 radical (unpaired) electrons. The lowest BCUT2D eigenvalue weighted by Crippen LogP contribution is -2.15. The van der Waals surface area contributed by atoms with Crippen LogP contribution in [0.1, 0.15) is 5.69 Å². The third-order valence-corrected chi connectivity index (χ3v) is 3.02. The van der Waals surface area contributed by atoms with E-state index in [1.165, 1.54) is 0 Å². The molecule has 0 fully saturated rings. The lowest BCUT2D eigenvalue weighted by Gasteiger charge is -2.14. The Labute approximate surface area is 94.0 Å². The number of sulfone groups is 1. The molecule has 0 unspecified atom stereocenters. The third-order valence-electron chi connectivity index (χ3n) is 1.73. The molecule has 0 aliphatic heterocycles. The summed E-state index contributed by atoms with van der Waals surface area (Å²) in [7, 11) is 0.0660. The molecule has 7 heteroatoms. The molecular weight excluding hydrogens is 238 g/mol. The highest BCUT2D eigenvalue weighted by Crippen LogP contribution is 2.25. The average molecular weight is 250 g/mol. The maximum Gasteiger partial charge on any atom is 0.249 e. The number of aryl methyl sites for hydroxylation is 1. The fourth-order valence-corrected chi connectivity index (χ4v) is 1.79. The first-order valence-electron chi connectivity index (χ1n) is 4.15. The molecule has 1 rings (SSSR count). The van der Waals surface area contributed by atoms with Gasteiger partial charge in [0, 0.05) is 20.4 Å². The molecule has 0 N–H and O–H groups in total. The Bertz CT molecular complexity index is 485. The van der Waals surface area contributed by atoms with Crippen molar-refractivity contribution in [3.8, 4) is 0 Å². The molecule has 1 aromatic heterocycles. The molecule has 0 saturated carbocycles. The monoisotopic (exact) mass is 249 g/mol. The van der Waals surface area contributed by atoms with Crippen LogP contribution in [-0.2, 0) is 9.84 Å². The summed E-state index contributed by atoms with van der Waals surface area (Å²) in [6.45, 7) is 1.64. The molecule has 0 saturated heterocycles. The summed E-state index contributed by atoms with van der Waals surface area (Å²) in [5.41, 5.74) is 0.454. The highest BCUT2D eigenvalue weighted by Gasteiger charge is 2.17. The molecule has 1 aromatic rings. The molecule has 0 atom stereocenters. The van der Waals surface area contributed by atoms with Crippen molar-refractivity contribution in [2.24, 2.45) is 0 Å². The van der Waals surface area contributed by atoms with E-state index in [2.05, 4.69) is 9.97 Å². The van der Waals surface area contributed by atoms with Crippen LogP contribution in [0.2, 0.25) is 5.02 Å². The Hall–Kier alpha value is -0.880. The molecule has 0 aromatic carbocycles. The Morgan fingerprint density at radius 2 is 1.80 bits per heavy atom. The van der Waals surface area contributed by atoms with Crippen LogP contribution in [0, 0.1) is 6.92 Å². The van der Waals surface area contributed by atoms with Gasteiger partial charge in [-0.1, -0.05) is 11.6 Å². The minimum absolute atomic E-state index is 0.201. The van der Waals surface area contributed by atoms with Gasteiger partial charge in [-0.15, -0.1) is 0 Å². The van der Waals surface area contributed by atoms with E-state index in [-0.39, 0.29) is 5.16 Å². The summed E-state index contributed by atoms with van der Waals surface area (Å²) >= 11 is 5.95. The van der Waals surface area contributed by atoms with E-state index in [1.807, 2.05) is 0 Å². The summed E-state index contributed by atoms with van der Waals surface area (Å²) in [5, 5.41) is 0.167. The van der Waals surface area contributed by atoms with Gasteiger partial charge in [0.15, 0.2) is 5.82 Å². The molecule has 5 nitrogen and oxygen atoms in total. The molecule has 0 amide bonds. The fourth-order valence-electron chi connectivity index (χ4n) is 0.981. The predicted octanol–water partition coefficient (Wildman–Crippen LogP) is 0.908. The number of nitrogens with zero attached hydrogens (tertiary/aromatic N) is 3. The number of anilines is 1. The van der Waals surface area contributed by atoms with Crippen molar-refractivity contribution in [3.63, 3.8) is 0 Å². The zero-order valence-corrected chi connectivity index (χ0v) is 10.5.